The molecule has 0 heterocycles. The Balaban J connectivity index is 1.76. The summed E-state index contributed by atoms with van der Waals surface area (Å²) in [7, 11) is 6.10. The van der Waals surface area contributed by atoms with Crippen molar-refractivity contribution in [2.75, 3.05) is 0 Å². The van der Waals surface area contributed by atoms with Gasteiger partial charge in [0.1, 0.15) is 20.2 Å². The van der Waals surface area contributed by atoms with Crippen molar-refractivity contribution < 1.29 is 4.74 Å². The van der Waals surface area contributed by atoms with Crippen molar-refractivity contribution in [2.45, 2.75) is 6.61 Å². The fraction of sp³-hybridized carbons (Fsp3) is 0.0526. The molecule has 0 aliphatic rings. The van der Waals surface area contributed by atoms with E-state index in [1.54, 1.807) is 0 Å². The lowest BCUT2D eigenvalue weighted by Gasteiger charge is -2.11. The van der Waals surface area contributed by atoms with Crippen LogP contribution in [0.5, 0.6) is 5.75 Å². The molecule has 0 unspecified atom stereocenters. The van der Waals surface area contributed by atoms with Gasteiger partial charge in [-0.05, 0) is 22.8 Å². The van der Waals surface area contributed by atoms with Crippen molar-refractivity contribution in [3.05, 3.63) is 84.4 Å². The largest absolute Gasteiger partial charge is 0.490 e. The summed E-state index contributed by atoms with van der Waals surface area (Å²) in [5, 5.41) is 0. The molecule has 0 fully saturated rings. The first-order chi connectivity index (χ1) is 10.3. The molecule has 0 spiro atoms. The average molecular weight is 270 g/mol. The maximum Gasteiger partial charge on any atom is 0.119 e. The van der Waals surface area contributed by atoms with Gasteiger partial charge in [-0.3, -0.25) is 0 Å². The molecule has 3 aromatic rings. The zero-order valence-corrected chi connectivity index (χ0v) is 11.7. The predicted molar refractivity (Wildman–Crippen MR) is 88.0 cm³/mol. The van der Waals surface area contributed by atoms with Crippen LogP contribution in [0.1, 0.15) is 5.56 Å². The van der Waals surface area contributed by atoms with E-state index in [1.165, 1.54) is 0 Å². The maximum absolute atomic E-state index is 6.10. The van der Waals surface area contributed by atoms with E-state index < -0.39 is 0 Å². The van der Waals surface area contributed by atoms with E-state index in [1.807, 2.05) is 66.7 Å². The predicted octanol–water partition coefficient (Wildman–Crippen LogP) is 3.73. The second-order valence-electron chi connectivity index (χ2n) is 4.89. The first-order valence-corrected chi connectivity index (χ1v) is 6.94. The Morgan fingerprint density at radius 1 is 0.714 bits per heavy atom. The van der Waals surface area contributed by atoms with Crippen LogP contribution in [-0.4, -0.2) is 7.85 Å². The summed E-state index contributed by atoms with van der Waals surface area (Å²) in [5.74, 6) is 0.721. The molecule has 21 heavy (non-hydrogen) atoms. The van der Waals surface area contributed by atoms with Gasteiger partial charge in [-0.15, -0.1) is 0 Å². The number of benzene rings is 3. The van der Waals surface area contributed by atoms with Crippen LogP contribution in [-0.2, 0) is 6.61 Å². The summed E-state index contributed by atoms with van der Waals surface area (Å²) in [5.41, 5.74) is 4.04. The molecule has 0 aliphatic carbocycles. The minimum Gasteiger partial charge on any atom is -0.490 e. The highest BCUT2D eigenvalue weighted by Gasteiger charge is 2.03. The lowest BCUT2D eigenvalue weighted by atomic mass is 9.91. The molecule has 100 valence electrons. The van der Waals surface area contributed by atoms with Crippen LogP contribution in [0.25, 0.3) is 11.1 Å². The summed E-state index contributed by atoms with van der Waals surface area (Å²) >= 11 is 0. The van der Waals surface area contributed by atoms with Gasteiger partial charge in [0.15, 0.2) is 0 Å². The molecule has 2 radical (unpaired) electrons. The molecule has 0 amide bonds. The van der Waals surface area contributed by atoms with Crippen LogP contribution in [0.4, 0.5) is 0 Å². The maximum atomic E-state index is 6.10. The van der Waals surface area contributed by atoms with E-state index in [-0.39, 0.29) is 0 Å². The molecule has 0 saturated carbocycles. The van der Waals surface area contributed by atoms with Crippen LogP contribution in [0.2, 0.25) is 0 Å². The quantitative estimate of drug-likeness (QED) is 0.656. The number of rotatable bonds is 4. The fourth-order valence-corrected chi connectivity index (χ4v) is 2.23. The molecule has 0 aromatic heterocycles. The van der Waals surface area contributed by atoms with Crippen LogP contribution in [0.3, 0.4) is 0 Å². The Labute approximate surface area is 126 Å². The van der Waals surface area contributed by atoms with Gasteiger partial charge in [0.05, 0.1) is 0 Å². The van der Waals surface area contributed by atoms with Crippen LogP contribution in [0.15, 0.2) is 78.9 Å². The number of hydrogen-bond donors (Lipinski definition) is 0. The third-order valence-electron chi connectivity index (χ3n) is 3.35. The Morgan fingerprint density at radius 3 is 2.05 bits per heavy atom. The second kappa shape index (κ2) is 6.32. The molecule has 0 atom stereocenters. The molecule has 3 aromatic carbocycles. The zero-order valence-electron chi connectivity index (χ0n) is 11.7. The topological polar surface area (TPSA) is 9.23 Å². The van der Waals surface area contributed by atoms with Crippen LogP contribution >= 0.6 is 0 Å². The number of hydrogen-bond acceptors (Lipinski definition) is 1. The lowest BCUT2D eigenvalue weighted by Crippen LogP contribution is -2.09. The summed E-state index contributed by atoms with van der Waals surface area (Å²) in [6.45, 7) is 0.524. The van der Waals surface area contributed by atoms with Crippen LogP contribution in [0, 0.1) is 0 Å². The first-order valence-electron chi connectivity index (χ1n) is 6.94. The highest BCUT2D eigenvalue weighted by Crippen LogP contribution is 2.20. The van der Waals surface area contributed by atoms with Crippen molar-refractivity contribution in [3.8, 4) is 16.9 Å². The zero-order chi connectivity index (χ0) is 14.5. The SMILES string of the molecule is [B]c1cc(-c2ccccc2)ccc1OCc1ccccc1. The standard InChI is InChI=1S/C19H15BO/c20-18-13-17(16-9-5-2-6-10-16)11-12-19(18)21-14-15-7-3-1-4-8-15/h1-13H,14H2. The van der Waals surface area contributed by atoms with Gasteiger partial charge in [0.25, 0.3) is 0 Å². The summed E-state index contributed by atoms with van der Waals surface area (Å²) in [6.07, 6.45) is 0. The fourth-order valence-electron chi connectivity index (χ4n) is 2.23. The smallest absolute Gasteiger partial charge is 0.119 e. The molecule has 3 rings (SSSR count). The molecule has 0 aliphatic heterocycles. The first kappa shape index (κ1) is 13.5. The highest BCUT2D eigenvalue weighted by atomic mass is 16.5. The van der Waals surface area contributed by atoms with Crippen LogP contribution < -0.4 is 10.2 Å². The lowest BCUT2D eigenvalue weighted by molar-refractivity contribution is 0.309. The molecular weight excluding hydrogens is 255 g/mol. The molecule has 2 heteroatoms. The normalized spacial score (nSPS) is 10.3. The van der Waals surface area contributed by atoms with Gasteiger partial charge in [-0.25, -0.2) is 0 Å². The van der Waals surface area contributed by atoms with E-state index in [0.29, 0.717) is 12.1 Å². The minimum atomic E-state index is 0.524. The van der Waals surface area contributed by atoms with E-state index in [2.05, 4.69) is 12.1 Å². The average Bonchev–Trinajstić information content (AvgIpc) is 2.55. The molecule has 0 saturated heterocycles. The third-order valence-corrected chi connectivity index (χ3v) is 3.35. The van der Waals surface area contributed by atoms with Gasteiger partial charge >= 0.3 is 0 Å². The van der Waals surface area contributed by atoms with Crippen molar-refractivity contribution in [3.63, 3.8) is 0 Å². The Bertz CT molecular complexity index is 708. The van der Waals surface area contributed by atoms with Crippen molar-refractivity contribution in [1.82, 2.24) is 0 Å². The third kappa shape index (κ3) is 3.35. The van der Waals surface area contributed by atoms with Gasteiger partial charge < -0.3 is 4.74 Å². The Hall–Kier alpha value is -2.48. The molecule has 1 nitrogen and oxygen atoms in total. The Kier molecular flexibility index (Phi) is 4.06. The molecule has 0 bridgehead atoms. The summed E-state index contributed by atoms with van der Waals surface area (Å²) in [4.78, 5) is 0. The van der Waals surface area contributed by atoms with Gasteiger partial charge in [-0.2, -0.15) is 0 Å². The molecule has 0 N–H and O–H groups in total. The van der Waals surface area contributed by atoms with E-state index in [9.17, 15) is 0 Å². The summed E-state index contributed by atoms with van der Waals surface area (Å²) < 4.78 is 5.79. The van der Waals surface area contributed by atoms with Crippen molar-refractivity contribution in [1.29, 1.82) is 0 Å². The Morgan fingerprint density at radius 2 is 1.38 bits per heavy atom. The summed E-state index contributed by atoms with van der Waals surface area (Å²) in [6, 6.07) is 26.2. The van der Waals surface area contributed by atoms with E-state index in [0.717, 1.165) is 22.4 Å². The molecular formula is C19H15BO. The van der Waals surface area contributed by atoms with Crippen molar-refractivity contribution in [2.24, 2.45) is 0 Å². The minimum absolute atomic E-state index is 0.524. The monoisotopic (exact) mass is 270 g/mol. The van der Waals surface area contributed by atoms with Gasteiger partial charge in [-0.1, -0.05) is 78.3 Å². The van der Waals surface area contributed by atoms with E-state index in [4.69, 9.17) is 12.6 Å². The second-order valence-corrected chi connectivity index (χ2v) is 4.89. The van der Waals surface area contributed by atoms with Gasteiger partial charge in [0, 0.05) is 0 Å². The number of ether oxygens (including phenoxy) is 1. The highest BCUT2D eigenvalue weighted by molar-refractivity contribution is 6.34. The van der Waals surface area contributed by atoms with Gasteiger partial charge in [0.2, 0.25) is 0 Å². The van der Waals surface area contributed by atoms with E-state index >= 15 is 0 Å². The van der Waals surface area contributed by atoms with Crippen molar-refractivity contribution >= 4 is 13.3 Å².